The van der Waals surface area contributed by atoms with E-state index in [2.05, 4.69) is 4.90 Å². The van der Waals surface area contributed by atoms with E-state index >= 15 is 0 Å². The van der Waals surface area contributed by atoms with Gasteiger partial charge in [0.15, 0.2) is 5.78 Å². The smallest absolute Gasteiger partial charge is 0.179 e. The Morgan fingerprint density at radius 1 is 1.28 bits per heavy atom. The van der Waals surface area contributed by atoms with Gasteiger partial charge in [-0.1, -0.05) is 0 Å². The second-order valence-electron chi connectivity index (χ2n) is 4.74. The molecule has 1 fully saturated rings. The number of Topliss-reactive ketones (excluding diaryl/α,β-unsaturated/α-hetero) is 1. The highest BCUT2D eigenvalue weighted by Crippen LogP contribution is 2.18. The van der Waals surface area contributed by atoms with E-state index in [0.29, 0.717) is 6.61 Å². The van der Waals surface area contributed by atoms with Crippen LogP contribution in [-0.2, 0) is 0 Å². The summed E-state index contributed by atoms with van der Waals surface area (Å²) in [6, 6.07) is 7.45. The molecular weight excluding hydrogens is 226 g/mol. The fourth-order valence-corrected chi connectivity index (χ4v) is 2.42. The van der Waals surface area contributed by atoms with Gasteiger partial charge in [-0.25, -0.2) is 0 Å². The minimum absolute atomic E-state index is 0.00885. The van der Waals surface area contributed by atoms with Crippen LogP contribution in [0.5, 0.6) is 5.75 Å². The van der Waals surface area contributed by atoms with Crippen molar-refractivity contribution < 1.29 is 9.53 Å². The van der Waals surface area contributed by atoms with Gasteiger partial charge in [0.2, 0.25) is 0 Å². The van der Waals surface area contributed by atoms with Crippen LogP contribution in [0.3, 0.4) is 0 Å². The van der Waals surface area contributed by atoms with Crippen molar-refractivity contribution in [3.63, 3.8) is 0 Å². The summed E-state index contributed by atoms with van der Waals surface area (Å²) in [6.07, 6.45) is 2.42. The number of likely N-dealkylation sites (tertiary alicyclic amines) is 1. The summed E-state index contributed by atoms with van der Waals surface area (Å²) >= 11 is 0. The Morgan fingerprint density at radius 3 is 2.44 bits per heavy atom. The van der Waals surface area contributed by atoms with Crippen LogP contribution in [0, 0.1) is 0 Å². The summed E-state index contributed by atoms with van der Waals surface area (Å²) in [5, 5.41) is 0. The third kappa shape index (κ3) is 2.91. The molecule has 0 saturated carbocycles. The van der Waals surface area contributed by atoms with E-state index in [4.69, 9.17) is 4.74 Å². The highest BCUT2D eigenvalue weighted by atomic mass is 16.5. The standard InChI is InChI=1S/C15H21NO2/c1-3-18-14-8-6-13(7-9-14)15(17)12(2)16-10-4-5-11-16/h6-9,12H,3-5,10-11H2,1-2H3. The molecule has 1 heterocycles. The molecule has 0 radical (unpaired) electrons. The van der Waals surface area contributed by atoms with Gasteiger partial charge in [0.1, 0.15) is 5.75 Å². The molecule has 1 aromatic rings. The maximum Gasteiger partial charge on any atom is 0.179 e. The molecule has 1 aromatic carbocycles. The minimum Gasteiger partial charge on any atom is -0.494 e. The fraction of sp³-hybridized carbons (Fsp3) is 0.533. The summed E-state index contributed by atoms with van der Waals surface area (Å²) < 4.78 is 5.38. The van der Waals surface area contributed by atoms with Crippen molar-refractivity contribution in [1.29, 1.82) is 0 Å². The third-order valence-electron chi connectivity index (χ3n) is 3.52. The van der Waals surface area contributed by atoms with E-state index in [-0.39, 0.29) is 11.8 Å². The van der Waals surface area contributed by atoms with Gasteiger partial charge in [-0.15, -0.1) is 0 Å². The van der Waals surface area contributed by atoms with Gasteiger partial charge in [-0.3, -0.25) is 9.69 Å². The third-order valence-corrected chi connectivity index (χ3v) is 3.52. The van der Waals surface area contributed by atoms with Crippen molar-refractivity contribution in [2.45, 2.75) is 32.7 Å². The fourth-order valence-electron chi connectivity index (χ4n) is 2.42. The zero-order valence-electron chi connectivity index (χ0n) is 11.2. The van der Waals surface area contributed by atoms with Crippen LogP contribution in [0.4, 0.5) is 0 Å². The number of carbonyl (C=O) groups excluding carboxylic acids is 1. The van der Waals surface area contributed by atoms with Crippen molar-refractivity contribution in [2.75, 3.05) is 19.7 Å². The maximum atomic E-state index is 12.3. The first kappa shape index (κ1) is 13.1. The van der Waals surface area contributed by atoms with Crippen LogP contribution in [0.15, 0.2) is 24.3 Å². The molecule has 1 aliphatic heterocycles. The normalized spacial score (nSPS) is 17.7. The van der Waals surface area contributed by atoms with Gasteiger partial charge >= 0.3 is 0 Å². The van der Waals surface area contributed by atoms with E-state index < -0.39 is 0 Å². The zero-order chi connectivity index (χ0) is 13.0. The second-order valence-corrected chi connectivity index (χ2v) is 4.74. The van der Waals surface area contributed by atoms with E-state index in [1.54, 1.807) is 0 Å². The van der Waals surface area contributed by atoms with Gasteiger partial charge in [-0.05, 0) is 64.0 Å². The molecule has 3 nitrogen and oxygen atoms in total. The lowest BCUT2D eigenvalue weighted by Crippen LogP contribution is -2.36. The Labute approximate surface area is 109 Å². The molecule has 3 heteroatoms. The Hall–Kier alpha value is -1.35. The molecule has 98 valence electrons. The lowest BCUT2D eigenvalue weighted by Gasteiger charge is -2.22. The molecule has 18 heavy (non-hydrogen) atoms. The van der Waals surface area contributed by atoms with Crippen LogP contribution in [0.2, 0.25) is 0 Å². The zero-order valence-corrected chi connectivity index (χ0v) is 11.2. The van der Waals surface area contributed by atoms with Crippen LogP contribution >= 0.6 is 0 Å². The lowest BCUT2D eigenvalue weighted by atomic mass is 10.0. The molecule has 2 rings (SSSR count). The van der Waals surface area contributed by atoms with Crippen molar-refractivity contribution in [1.82, 2.24) is 4.90 Å². The highest BCUT2D eigenvalue weighted by molar-refractivity contribution is 5.99. The number of carbonyl (C=O) groups is 1. The second kappa shape index (κ2) is 6.01. The number of ether oxygens (including phenoxy) is 1. The topological polar surface area (TPSA) is 29.5 Å². The van der Waals surface area contributed by atoms with Gasteiger partial charge in [-0.2, -0.15) is 0 Å². The summed E-state index contributed by atoms with van der Waals surface area (Å²) in [7, 11) is 0. The molecule has 0 aromatic heterocycles. The van der Waals surface area contributed by atoms with Crippen LogP contribution < -0.4 is 4.74 Å². The molecule has 0 amide bonds. The van der Waals surface area contributed by atoms with Crippen molar-refractivity contribution in [3.8, 4) is 5.75 Å². The van der Waals surface area contributed by atoms with E-state index in [1.807, 2.05) is 38.1 Å². The maximum absolute atomic E-state index is 12.3. The highest BCUT2D eigenvalue weighted by Gasteiger charge is 2.24. The number of benzene rings is 1. The molecule has 1 unspecified atom stereocenters. The summed E-state index contributed by atoms with van der Waals surface area (Å²) in [5.74, 6) is 1.03. The van der Waals surface area contributed by atoms with Crippen molar-refractivity contribution in [2.24, 2.45) is 0 Å². The van der Waals surface area contributed by atoms with Crippen LogP contribution in [0.1, 0.15) is 37.0 Å². The van der Waals surface area contributed by atoms with Crippen molar-refractivity contribution >= 4 is 5.78 Å². The number of ketones is 1. The SMILES string of the molecule is CCOc1ccc(C(=O)C(C)N2CCCC2)cc1. The first-order valence-corrected chi connectivity index (χ1v) is 6.73. The quantitative estimate of drug-likeness (QED) is 0.749. The Kier molecular flexibility index (Phi) is 4.37. The number of hydrogen-bond donors (Lipinski definition) is 0. The number of nitrogens with zero attached hydrogens (tertiary/aromatic N) is 1. The van der Waals surface area contributed by atoms with Gasteiger partial charge in [0, 0.05) is 5.56 Å². The lowest BCUT2D eigenvalue weighted by molar-refractivity contribution is 0.0867. The van der Waals surface area contributed by atoms with Crippen molar-refractivity contribution in [3.05, 3.63) is 29.8 Å². The Morgan fingerprint density at radius 2 is 1.89 bits per heavy atom. The molecule has 0 spiro atoms. The molecule has 0 bridgehead atoms. The summed E-state index contributed by atoms with van der Waals surface area (Å²) in [5.41, 5.74) is 0.776. The molecule has 1 atom stereocenters. The first-order chi connectivity index (χ1) is 8.72. The average Bonchev–Trinajstić information content (AvgIpc) is 2.92. The number of hydrogen-bond acceptors (Lipinski definition) is 3. The Bertz CT molecular complexity index is 393. The predicted molar refractivity (Wildman–Crippen MR) is 72.2 cm³/mol. The van der Waals surface area contributed by atoms with Gasteiger partial charge in [0.25, 0.3) is 0 Å². The molecule has 1 aliphatic rings. The minimum atomic E-state index is -0.00885. The largest absolute Gasteiger partial charge is 0.494 e. The first-order valence-electron chi connectivity index (χ1n) is 6.73. The van der Waals surface area contributed by atoms with E-state index in [0.717, 1.165) is 24.4 Å². The predicted octanol–water partition coefficient (Wildman–Crippen LogP) is 2.75. The van der Waals surface area contributed by atoms with Gasteiger partial charge in [0.05, 0.1) is 12.6 Å². The monoisotopic (exact) mass is 247 g/mol. The summed E-state index contributed by atoms with van der Waals surface area (Å²) in [6.45, 7) is 6.70. The van der Waals surface area contributed by atoms with Crippen LogP contribution in [-0.4, -0.2) is 36.4 Å². The van der Waals surface area contributed by atoms with Gasteiger partial charge < -0.3 is 4.74 Å². The average molecular weight is 247 g/mol. The molecule has 1 saturated heterocycles. The molecule has 0 N–H and O–H groups in total. The summed E-state index contributed by atoms with van der Waals surface area (Å²) in [4.78, 5) is 14.6. The van der Waals surface area contributed by atoms with E-state index in [9.17, 15) is 4.79 Å². The Balaban J connectivity index is 2.03. The molecular formula is C15H21NO2. The van der Waals surface area contributed by atoms with Crippen LogP contribution in [0.25, 0.3) is 0 Å². The number of rotatable bonds is 5. The molecule has 0 aliphatic carbocycles. The van der Waals surface area contributed by atoms with E-state index in [1.165, 1.54) is 12.8 Å².